The second-order valence-corrected chi connectivity index (χ2v) is 6.89. The largest absolute Gasteiger partial charge is 0.466 e. The molecule has 0 aliphatic carbocycles. The van der Waals surface area contributed by atoms with Gasteiger partial charge in [0.1, 0.15) is 12.6 Å². The second-order valence-electron chi connectivity index (χ2n) is 6.89. The Kier molecular flexibility index (Phi) is 9.30. The van der Waals surface area contributed by atoms with E-state index in [1.807, 2.05) is 30.3 Å². The minimum absolute atomic E-state index is 0.132. The van der Waals surface area contributed by atoms with E-state index in [0.29, 0.717) is 5.56 Å². The summed E-state index contributed by atoms with van der Waals surface area (Å²) < 4.78 is 10.3. The molecule has 0 aromatic heterocycles. The molecule has 0 saturated heterocycles. The maximum absolute atomic E-state index is 12.4. The van der Waals surface area contributed by atoms with Crippen LogP contribution >= 0.6 is 0 Å². The summed E-state index contributed by atoms with van der Waals surface area (Å²) in [5.41, 5.74) is 6.65. The van der Waals surface area contributed by atoms with Crippen molar-refractivity contribution in [2.24, 2.45) is 5.73 Å². The van der Waals surface area contributed by atoms with E-state index in [9.17, 15) is 24.5 Å². The predicted molar refractivity (Wildman–Crippen MR) is 114 cm³/mol. The van der Waals surface area contributed by atoms with Gasteiger partial charge < -0.3 is 20.5 Å². The van der Waals surface area contributed by atoms with Gasteiger partial charge in [-0.15, -0.1) is 0 Å². The Bertz CT molecular complexity index is 932. The molecule has 32 heavy (non-hydrogen) atoms. The molecule has 0 spiro atoms. The van der Waals surface area contributed by atoms with Gasteiger partial charge in [-0.25, -0.2) is 0 Å². The van der Waals surface area contributed by atoms with Crippen molar-refractivity contribution >= 4 is 23.5 Å². The number of benzene rings is 2. The maximum Gasteiger partial charge on any atom is 0.306 e. The lowest BCUT2D eigenvalue weighted by molar-refractivity contribution is -0.384. The topological polar surface area (TPSA) is 151 Å². The van der Waals surface area contributed by atoms with Crippen LogP contribution in [0.1, 0.15) is 30.4 Å². The number of nitrogens with zero attached hydrogens (tertiary/aromatic N) is 1. The van der Waals surface area contributed by atoms with Gasteiger partial charge in [-0.05, 0) is 18.1 Å². The van der Waals surface area contributed by atoms with Crippen molar-refractivity contribution in [1.82, 2.24) is 5.32 Å². The van der Waals surface area contributed by atoms with Crippen molar-refractivity contribution in [3.8, 4) is 0 Å². The third kappa shape index (κ3) is 7.47. The molecule has 0 saturated carbocycles. The Hall–Kier alpha value is -3.79. The Morgan fingerprint density at radius 2 is 1.75 bits per heavy atom. The number of nitrogens with one attached hydrogen (secondary N) is 1. The predicted octanol–water partition coefficient (Wildman–Crippen LogP) is 1.82. The molecule has 0 aliphatic rings. The van der Waals surface area contributed by atoms with Gasteiger partial charge in [-0.3, -0.25) is 24.5 Å². The molecule has 0 unspecified atom stereocenters. The van der Waals surface area contributed by atoms with Gasteiger partial charge in [0.05, 0.1) is 24.6 Å². The number of rotatable bonds is 12. The number of esters is 1. The molecule has 3 N–H and O–H groups in total. The van der Waals surface area contributed by atoms with Crippen molar-refractivity contribution in [3.05, 3.63) is 75.8 Å². The highest BCUT2D eigenvalue weighted by atomic mass is 16.6. The van der Waals surface area contributed by atoms with Crippen molar-refractivity contribution in [2.45, 2.75) is 31.9 Å². The van der Waals surface area contributed by atoms with E-state index in [2.05, 4.69) is 5.32 Å². The zero-order valence-electron chi connectivity index (χ0n) is 17.6. The summed E-state index contributed by atoms with van der Waals surface area (Å²) in [6, 6.07) is 13.3. The first-order chi connectivity index (χ1) is 15.3. The number of carbonyl (C=O) groups is 3. The fraction of sp³-hybridized carbons (Fsp3) is 0.318. The second kappa shape index (κ2) is 12.2. The number of ether oxygens (including phenoxy) is 2. The van der Waals surface area contributed by atoms with Gasteiger partial charge in [0.25, 0.3) is 5.69 Å². The van der Waals surface area contributed by atoms with Gasteiger partial charge >= 0.3 is 5.97 Å². The fourth-order valence-corrected chi connectivity index (χ4v) is 3.09. The van der Waals surface area contributed by atoms with Gasteiger partial charge in [0.15, 0.2) is 0 Å². The highest BCUT2D eigenvalue weighted by molar-refractivity contribution is 5.88. The van der Waals surface area contributed by atoms with Crippen LogP contribution in [0.3, 0.4) is 0 Å². The van der Waals surface area contributed by atoms with Crippen LogP contribution in [0.25, 0.3) is 0 Å². The number of carbonyl (C=O) groups excluding carboxylic acids is 3. The van der Waals surface area contributed by atoms with E-state index in [-0.39, 0.29) is 31.9 Å². The molecule has 0 radical (unpaired) electrons. The van der Waals surface area contributed by atoms with Crippen LogP contribution in [0.15, 0.2) is 54.6 Å². The first-order valence-electron chi connectivity index (χ1n) is 9.92. The number of non-ortho nitro benzene ring substituents is 1. The molecule has 2 aromatic rings. The number of amides is 2. The fourth-order valence-electron chi connectivity index (χ4n) is 3.09. The average molecular weight is 443 g/mol. The molecule has 0 fully saturated rings. The van der Waals surface area contributed by atoms with E-state index in [4.69, 9.17) is 15.2 Å². The molecular weight excluding hydrogens is 418 g/mol. The van der Waals surface area contributed by atoms with E-state index in [0.717, 1.165) is 5.56 Å². The van der Waals surface area contributed by atoms with Crippen molar-refractivity contribution in [3.63, 3.8) is 0 Å². The summed E-state index contributed by atoms with van der Waals surface area (Å²) in [5.74, 6) is -2.95. The summed E-state index contributed by atoms with van der Waals surface area (Å²) in [4.78, 5) is 47.0. The van der Waals surface area contributed by atoms with Gasteiger partial charge in [0.2, 0.25) is 11.8 Å². The van der Waals surface area contributed by atoms with Crippen molar-refractivity contribution in [1.29, 1.82) is 0 Å². The van der Waals surface area contributed by atoms with Crippen LogP contribution in [0.4, 0.5) is 5.69 Å². The molecule has 2 amide bonds. The van der Waals surface area contributed by atoms with Crippen molar-refractivity contribution < 1.29 is 28.8 Å². The summed E-state index contributed by atoms with van der Waals surface area (Å²) >= 11 is 0. The molecule has 0 heterocycles. The summed E-state index contributed by atoms with van der Waals surface area (Å²) in [7, 11) is 0. The highest BCUT2D eigenvalue weighted by Crippen LogP contribution is 2.26. The van der Waals surface area contributed by atoms with E-state index in [1.54, 1.807) is 6.92 Å². The van der Waals surface area contributed by atoms with E-state index >= 15 is 0 Å². The SMILES string of the molecule is CCOC(=O)C[C@H](c1ccc([N+](=O)[O-])cc1)[C@@H](NC(=O)COCc1ccccc1)C(N)=O. The van der Waals surface area contributed by atoms with Crippen LogP contribution in [0.5, 0.6) is 0 Å². The number of nitro benzene ring substituents is 1. The third-order valence-electron chi connectivity index (χ3n) is 4.59. The maximum atomic E-state index is 12.4. The van der Waals surface area contributed by atoms with Crippen LogP contribution in [0, 0.1) is 10.1 Å². The standard InChI is InChI=1S/C22H25N3O7/c1-2-32-20(27)12-18(16-8-10-17(11-9-16)25(29)30)21(22(23)28)24-19(26)14-31-13-15-6-4-3-5-7-15/h3-11,18,21H,2,12-14H2,1H3,(H2,23,28)(H,24,26)/t18-,21-/m1/s1. The number of hydrogen-bond donors (Lipinski definition) is 2. The normalized spacial score (nSPS) is 12.4. The van der Waals surface area contributed by atoms with Gasteiger partial charge in [0, 0.05) is 18.1 Å². The molecule has 10 heteroatoms. The monoisotopic (exact) mass is 443 g/mol. The molecule has 10 nitrogen and oxygen atoms in total. The summed E-state index contributed by atoms with van der Waals surface area (Å²) in [6.45, 7) is 1.64. The van der Waals surface area contributed by atoms with Crippen LogP contribution < -0.4 is 11.1 Å². The number of primary amides is 1. The lowest BCUT2D eigenvalue weighted by atomic mass is 9.87. The van der Waals surface area contributed by atoms with Crippen molar-refractivity contribution in [2.75, 3.05) is 13.2 Å². The molecule has 2 atom stereocenters. The average Bonchev–Trinajstić information content (AvgIpc) is 2.77. The number of nitrogens with two attached hydrogens (primary N) is 1. The van der Waals surface area contributed by atoms with E-state index < -0.39 is 34.7 Å². The zero-order chi connectivity index (χ0) is 23.5. The molecular formula is C22H25N3O7. The first kappa shape index (κ1) is 24.5. The number of nitro groups is 1. The highest BCUT2D eigenvalue weighted by Gasteiger charge is 2.32. The van der Waals surface area contributed by atoms with Crippen LogP contribution in [-0.4, -0.2) is 42.0 Å². The van der Waals surface area contributed by atoms with Gasteiger partial charge in [-0.1, -0.05) is 42.5 Å². The minimum Gasteiger partial charge on any atom is -0.466 e. The van der Waals surface area contributed by atoms with Crippen LogP contribution in [0.2, 0.25) is 0 Å². The smallest absolute Gasteiger partial charge is 0.306 e. The quantitative estimate of drug-likeness (QED) is 0.288. The molecule has 2 rings (SSSR count). The Morgan fingerprint density at radius 1 is 1.09 bits per heavy atom. The Labute approximate surface area is 184 Å². The Balaban J connectivity index is 2.14. The summed E-state index contributed by atoms with van der Waals surface area (Å²) in [5, 5.41) is 13.4. The third-order valence-corrected chi connectivity index (χ3v) is 4.59. The minimum atomic E-state index is -1.26. The lowest BCUT2D eigenvalue weighted by Gasteiger charge is -2.25. The number of hydrogen-bond acceptors (Lipinski definition) is 7. The molecule has 0 bridgehead atoms. The Morgan fingerprint density at radius 3 is 2.31 bits per heavy atom. The first-order valence-corrected chi connectivity index (χ1v) is 9.92. The zero-order valence-corrected chi connectivity index (χ0v) is 17.6. The van der Waals surface area contributed by atoms with Crippen LogP contribution in [-0.2, 0) is 30.5 Å². The van der Waals surface area contributed by atoms with E-state index in [1.165, 1.54) is 24.3 Å². The molecule has 0 aliphatic heterocycles. The van der Waals surface area contributed by atoms with Gasteiger partial charge in [-0.2, -0.15) is 0 Å². The summed E-state index contributed by atoms with van der Waals surface area (Å²) in [6.07, 6.45) is -0.260. The molecule has 170 valence electrons. The molecule has 2 aromatic carbocycles. The lowest BCUT2D eigenvalue weighted by Crippen LogP contribution is -2.49.